The van der Waals surface area contributed by atoms with Crippen molar-refractivity contribution in [3.8, 4) is 0 Å². The molecule has 1 aliphatic carbocycles. The monoisotopic (exact) mass is 213 g/mol. The van der Waals surface area contributed by atoms with Crippen molar-refractivity contribution in [2.24, 2.45) is 11.0 Å². The summed E-state index contributed by atoms with van der Waals surface area (Å²) in [5.74, 6) is -0.461. The number of carbonyl (C=O) groups is 1. The smallest absolute Gasteiger partial charge is 0.308 e. The molecule has 0 radical (unpaired) electrons. The highest BCUT2D eigenvalue weighted by Gasteiger charge is 2.38. The highest BCUT2D eigenvalue weighted by molar-refractivity contribution is 5.72. The fraction of sp³-hybridized carbons (Fsp3) is 0.889. The van der Waals surface area contributed by atoms with Gasteiger partial charge in [0.25, 0.3) is 0 Å². The predicted molar refractivity (Wildman–Crippen MR) is 53.1 cm³/mol. The number of rotatable bonds is 4. The zero-order chi connectivity index (χ0) is 11.3. The first-order chi connectivity index (χ1) is 7.22. The van der Waals surface area contributed by atoms with Gasteiger partial charge in [0.15, 0.2) is 0 Å². The molecule has 0 amide bonds. The number of nitrogens with zero attached hydrogens (tertiary/aromatic N) is 3. The summed E-state index contributed by atoms with van der Waals surface area (Å²) in [5, 5.41) is 3.64. The van der Waals surface area contributed by atoms with Crippen LogP contribution in [-0.4, -0.2) is 31.8 Å². The maximum absolute atomic E-state index is 11.3. The molecular formula is C9H15N3O3. The fourth-order valence-electron chi connectivity index (χ4n) is 1.92. The van der Waals surface area contributed by atoms with Crippen LogP contribution in [0.3, 0.4) is 0 Å². The summed E-state index contributed by atoms with van der Waals surface area (Å²) in [6.07, 6.45) is 0.931. The summed E-state index contributed by atoms with van der Waals surface area (Å²) in [5.41, 5.74) is 8.38. The van der Waals surface area contributed by atoms with Crippen molar-refractivity contribution >= 4 is 5.97 Å². The Balaban J connectivity index is 2.64. The molecule has 0 saturated heterocycles. The van der Waals surface area contributed by atoms with Gasteiger partial charge < -0.3 is 9.47 Å². The van der Waals surface area contributed by atoms with Gasteiger partial charge in [0.2, 0.25) is 0 Å². The van der Waals surface area contributed by atoms with E-state index in [2.05, 4.69) is 14.8 Å². The number of azide groups is 1. The zero-order valence-corrected chi connectivity index (χ0v) is 8.92. The average Bonchev–Trinajstić information content (AvgIpc) is 2.62. The maximum Gasteiger partial charge on any atom is 0.308 e. The summed E-state index contributed by atoms with van der Waals surface area (Å²) in [7, 11) is 1.36. The second kappa shape index (κ2) is 5.58. The standard InChI is InChI=1S/C9H15N3O3/c1-3-15-8-5-6(9(13)14-2)4-7(8)11-12-10/h6-8H,3-5H2,1-2H3. The van der Waals surface area contributed by atoms with Crippen molar-refractivity contribution in [1.82, 2.24) is 0 Å². The number of esters is 1. The quantitative estimate of drug-likeness (QED) is 0.308. The molecule has 0 N–H and O–H groups in total. The number of methoxy groups -OCH3 is 1. The van der Waals surface area contributed by atoms with E-state index in [1.807, 2.05) is 6.92 Å². The van der Waals surface area contributed by atoms with Gasteiger partial charge in [0.1, 0.15) is 0 Å². The van der Waals surface area contributed by atoms with Crippen molar-refractivity contribution in [1.29, 1.82) is 0 Å². The second-order valence-electron chi connectivity index (χ2n) is 3.46. The molecule has 1 aliphatic rings. The van der Waals surface area contributed by atoms with E-state index in [1.165, 1.54) is 7.11 Å². The number of ether oxygens (including phenoxy) is 2. The Hall–Kier alpha value is -1.26. The van der Waals surface area contributed by atoms with E-state index < -0.39 is 0 Å². The molecule has 0 aromatic heterocycles. The Kier molecular flexibility index (Phi) is 4.39. The van der Waals surface area contributed by atoms with E-state index in [1.54, 1.807) is 0 Å². The number of carbonyl (C=O) groups excluding carboxylic acids is 1. The lowest BCUT2D eigenvalue weighted by Gasteiger charge is -2.13. The molecule has 15 heavy (non-hydrogen) atoms. The van der Waals surface area contributed by atoms with E-state index in [0.717, 1.165) is 0 Å². The van der Waals surface area contributed by atoms with Gasteiger partial charge in [-0.3, -0.25) is 4.79 Å². The average molecular weight is 213 g/mol. The first kappa shape index (κ1) is 11.8. The van der Waals surface area contributed by atoms with E-state index in [-0.39, 0.29) is 24.0 Å². The molecule has 0 aliphatic heterocycles. The molecular weight excluding hydrogens is 198 g/mol. The van der Waals surface area contributed by atoms with Gasteiger partial charge in [-0.25, -0.2) is 0 Å². The minimum absolute atomic E-state index is 0.157. The largest absolute Gasteiger partial charge is 0.469 e. The molecule has 6 heteroatoms. The molecule has 0 bridgehead atoms. The van der Waals surface area contributed by atoms with E-state index in [4.69, 9.17) is 10.3 Å². The van der Waals surface area contributed by atoms with E-state index in [0.29, 0.717) is 19.4 Å². The van der Waals surface area contributed by atoms with Gasteiger partial charge in [-0.1, -0.05) is 5.11 Å². The molecule has 1 saturated carbocycles. The predicted octanol–water partition coefficient (Wildman–Crippen LogP) is 1.65. The van der Waals surface area contributed by atoms with Crippen LogP contribution in [0.15, 0.2) is 5.11 Å². The van der Waals surface area contributed by atoms with Gasteiger partial charge in [0.05, 0.1) is 25.2 Å². The van der Waals surface area contributed by atoms with Crippen molar-refractivity contribution < 1.29 is 14.3 Å². The van der Waals surface area contributed by atoms with Crippen molar-refractivity contribution in [3.05, 3.63) is 10.4 Å². The molecule has 1 rings (SSSR count). The van der Waals surface area contributed by atoms with Gasteiger partial charge in [-0.05, 0) is 25.3 Å². The minimum atomic E-state index is -0.254. The summed E-state index contributed by atoms with van der Waals surface area (Å²) in [4.78, 5) is 14.1. The molecule has 84 valence electrons. The van der Waals surface area contributed by atoms with Crippen molar-refractivity contribution in [2.75, 3.05) is 13.7 Å². The minimum Gasteiger partial charge on any atom is -0.469 e. The van der Waals surface area contributed by atoms with Crippen LogP contribution < -0.4 is 0 Å². The SMILES string of the molecule is CCOC1CC(C(=O)OC)CC1N=[N+]=[N-]. The van der Waals surface area contributed by atoms with Crippen molar-refractivity contribution in [2.45, 2.75) is 31.9 Å². The topological polar surface area (TPSA) is 84.3 Å². The Morgan fingerprint density at radius 3 is 2.87 bits per heavy atom. The first-order valence-corrected chi connectivity index (χ1v) is 4.96. The van der Waals surface area contributed by atoms with Crippen molar-refractivity contribution in [3.63, 3.8) is 0 Å². The van der Waals surface area contributed by atoms with Crippen LogP contribution in [0.1, 0.15) is 19.8 Å². The Labute approximate surface area is 88.2 Å². The lowest BCUT2D eigenvalue weighted by atomic mass is 10.1. The molecule has 0 heterocycles. The van der Waals surface area contributed by atoms with Crippen LogP contribution in [0.4, 0.5) is 0 Å². The van der Waals surface area contributed by atoms with Gasteiger partial charge in [-0.2, -0.15) is 0 Å². The Morgan fingerprint density at radius 1 is 1.60 bits per heavy atom. The van der Waals surface area contributed by atoms with E-state index in [9.17, 15) is 4.79 Å². The Bertz CT molecular complexity index is 276. The van der Waals surface area contributed by atoms with E-state index >= 15 is 0 Å². The molecule has 1 fully saturated rings. The van der Waals surface area contributed by atoms with Crippen LogP contribution in [0.2, 0.25) is 0 Å². The summed E-state index contributed by atoms with van der Waals surface area (Å²) in [6, 6.07) is -0.251. The molecule has 3 atom stereocenters. The Morgan fingerprint density at radius 2 is 2.33 bits per heavy atom. The van der Waals surface area contributed by atoms with Gasteiger partial charge >= 0.3 is 5.97 Å². The normalized spacial score (nSPS) is 29.6. The van der Waals surface area contributed by atoms with Crippen LogP contribution in [0, 0.1) is 5.92 Å². The van der Waals surface area contributed by atoms with Crippen LogP contribution in [-0.2, 0) is 14.3 Å². The second-order valence-corrected chi connectivity index (χ2v) is 3.46. The lowest BCUT2D eigenvalue weighted by Crippen LogP contribution is -2.20. The van der Waals surface area contributed by atoms with Crippen LogP contribution in [0.25, 0.3) is 10.4 Å². The highest BCUT2D eigenvalue weighted by atomic mass is 16.5. The molecule has 3 unspecified atom stereocenters. The lowest BCUT2D eigenvalue weighted by molar-refractivity contribution is -0.145. The molecule has 6 nitrogen and oxygen atoms in total. The third-order valence-corrected chi connectivity index (χ3v) is 2.59. The van der Waals surface area contributed by atoms with Crippen LogP contribution >= 0.6 is 0 Å². The first-order valence-electron chi connectivity index (χ1n) is 4.96. The van der Waals surface area contributed by atoms with Gasteiger partial charge in [0, 0.05) is 11.5 Å². The fourth-order valence-corrected chi connectivity index (χ4v) is 1.92. The third kappa shape index (κ3) is 2.84. The van der Waals surface area contributed by atoms with Crippen LogP contribution in [0.5, 0.6) is 0 Å². The number of hydrogen-bond acceptors (Lipinski definition) is 4. The zero-order valence-electron chi connectivity index (χ0n) is 8.92. The summed E-state index contributed by atoms with van der Waals surface area (Å²) in [6.45, 7) is 2.43. The number of hydrogen-bond donors (Lipinski definition) is 0. The molecule has 0 aromatic rings. The third-order valence-electron chi connectivity index (χ3n) is 2.59. The highest BCUT2D eigenvalue weighted by Crippen LogP contribution is 2.31. The summed E-state index contributed by atoms with van der Waals surface area (Å²) < 4.78 is 10.1. The molecule has 0 aromatic carbocycles. The molecule has 0 spiro atoms. The van der Waals surface area contributed by atoms with Gasteiger partial charge in [-0.15, -0.1) is 0 Å². The summed E-state index contributed by atoms with van der Waals surface area (Å²) >= 11 is 0. The maximum atomic E-state index is 11.3.